The number of rotatable bonds is 11. The largest absolute Gasteiger partial charge is 0.369 e. The molecular weight excluding hydrogens is 390 g/mol. The van der Waals surface area contributed by atoms with Crippen molar-refractivity contribution in [1.29, 1.82) is 0 Å². The standard InChI is InChI=1S/C23H33N7O/c1-4-13-26-21-18(8-6-5-7-14-28-23(2,3)16-24)15-27-22(30-21)29-19-11-9-17(10-12-19)20(25)31/h9-12,15,28H,4-5,7,13-14,16,24H2,1-3H3,(H2,25,31)(H2,26,27,29,30). The van der Waals surface area contributed by atoms with Crippen molar-refractivity contribution in [2.75, 3.05) is 30.3 Å². The summed E-state index contributed by atoms with van der Waals surface area (Å²) in [6, 6.07) is 6.83. The second kappa shape index (κ2) is 11.9. The van der Waals surface area contributed by atoms with Crippen LogP contribution in [0.1, 0.15) is 56.0 Å². The first-order chi connectivity index (χ1) is 14.8. The van der Waals surface area contributed by atoms with Crippen LogP contribution in [0.4, 0.5) is 17.5 Å². The third-order valence-electron chi connectivity index (χ3n) is 4.57. The highest BCUT2D eigenvalue weighted by Gasteiger charge is 2.12. The Hall–Kier alpha value is -3.15. The average Bonchev–Trinajstić information content (AvgIpc) is 2.76. The van der Waals surface area contributed by atoms with Crippen LogP contribution in [-0.2, 0) is 0 Å². The molecule has 0 bridgehead atoms. The van der Waals surface area contributed by atoms with Crippen molar-refractivity contribution in [3.63, 3.8) is 0 Å². The number of nitrogens with two attached hydrogens (primary N) is 2. The Morgan fingerprint density at radius 2 is 1.94 bits per heavy atom. The van der Waals surface area contributed by atoms with E-state index in [1.165, 1.54) is 0 Å². The lowest BCUT2D eigenvalue weighted by Crippen LogP contribution is -2.46. The molecule has 0 saturated carbocycles. The van der Waals surface area contributed by atoms with Gasteiger partial charge in [0.2, 0.25) is 11.9 Å². The van der Waals surface area contributed by atoms with Gasteiger partial charge in [0.1, 0.15) is 5.82 Å². The maximum absolute atomic E-state index is 11.2. The minimum atomic E-state index is -0.462. The van der Waals surface area contributed by atoms with Gasteiger partial charge in [-0.25, -0.2) is 4.98 Å². The molecule has 1 aromatic carbocycles. The van der Waals surface area contributed by atoms with E-state index in [-0.39, 0.29) is 5.54 Å². The second-order valence-corrected chi connectivity index (χ2v) is 7.87. The summed E-state index contributed by atoms with van der Waals surface area (Å²) in [7, 11) is 0. The summed E-state index contributed by atoms with van der Waals surface area (Å²) in [6.45, 7) is 8.52. The number of hydrogen-bond acceptors (Lipinski definition) is 7. The fraction of sp³-hybridized carbons (Fsp3) is 0.435. The smallest absolute Gasteiger partial charge is 0.248 e. The molecule has 8 heteroatoms. The van der Waals surface area contributed by atoms with Gasteiger partial charge in [-0.1, -0.05) is 18.8 Å². The zero-order chi connectivity index (χ0) is 22.7. The zero-order valence-corrected chi connectivity index (χ0v) is 18.6. The molecule has 0 atom stereocenters. The molecule has 1 amide bonds. The SMILES string of the molecule is CCCNc1nc(Nc2ccc(C(N)=O)cc2)ncc1C#CCCCNC(C)(C)CN. The first-order valence-electron chi connectivity index (χ1n) is 10.6. The van der Waals surface area contributed by atoms with Crippen LogP contribution in [0.25, 0.3) is 0 Å². The van der Waals surface area contributed by atoms with Crippen LogP contribution >= 0.6 is 0 Å². The number of benzene rings is 1. The molecule has 0 aliphatic rings. The molecule has 1 aromatic heterocycles. The molecular formula is C23H33N7O. The first-order valence-corrected chi connectivity index (χ1v) is 10.6. The van der Waals surface area contributed by atoms with Gasteiger partial charge in [0.15, 0.2) is 0 Å². The van der Waals surface area contributed by atoms with Crippen molar-refractivity contribution in [1.82, 2.24) is 15.3 Å². The van der Waals surface area contributed by atoms with Gasteiger partial charge in [-0.05, 0) is 57.5 Å². The number of amides is 1. The Balaban J connectivity index is 2.03. The molecule has 0 saturated heterocycles. The highest BCUT2D eigenvalue weighted by atomic mass is 16.1. The molecule has 31 heavy (non-hydrogen) atoms. The summed E-state index contributed by atoms with van der Waals surface area (Å²) >= 11 is 0. The van der Waals surface area contributed by atoms with Crippen molar-refractivity contribution in [3.8, 4) is 11.8 Å². The number of nitrogens with zero attached hydrogens (tertiary/aromatic N) is 2. The van der Waals surface area contributed by atoms with Crippen molar-refractivity contribution in [3.05, 3.63) is 41.6 Å². The Labute approximate surface area is 184 Å². The molecule has 0 aliphatic heterocycles. The van der Waals surface area contributed by atoms with Gasteiger partial charge in [-0.15, -0.1) is 0 Å². The molecule has 0 aliphatic carbocycles. The molecule has 166 valence electrons. The van der Waals surface area contributed by atoms with E-state index in [0.29, 0.717) is 23.9 Å². The van der Waals surface area contributed by atoms with Crippen LogP contribution < -0.4 is 27.4 Å². The van der Waals surface area contributed by atoms with Crippen molar-refractivity contribution in [2.45, 2.75) is 45.6 Å². The third kappa shape index (κ3) is 8.24. The number of unbranched alkanes of at least 4 members (excludes halogenated alkanes) is 1. The minimum absolute atomic E-state index is 0.0541. The monoisotopic (exact) mass is 423 g/mol. The maximum Gasteiger partial charge on any atom is 0.248 e. The summed E-state index contributed by atoms with van der Waals surface area (Å²) in [5, 5.41) is 9.87. The molecule has 0 spiro atoms. The van der Waals surface area contributed by atoms with Gasteiger partial charge >= 0.3 is 0 Å². The van der Waals surface area contributed by atoms with Crippen LogP contribution in [0.15, 0.2) is 30.5 Å². The molecule has 7 N–H and O–H groups in total. The Morgan fingerprint density at radius 1 is 1.19 bits per heavy atom. The van der Waals surface area contributed by atoms with Gasteiger partial charge in [-0.3, -0.25) is 4.79 Å². The highest BCUT2D eigenvalue weighted by molar-refractivity contribution is 5.93. The van der Waals surface area contributed by atoms with Crippen molar-refractivity contribution >= 4 is 23.4 Å². The zero-order valence-electron chi connectivity index (χ0n) is 18.6. The lowest BCUT2D eigenvalue weighted by molar-refractivity contribution is 0.100. The van der Waals surface area contributed by atoms with Gasteiger partial charge in [0.25, 0.3) is 0 Å². The number of hydrogen-bond donors (Lipinski definition) is 5. The summed E-state index contributed by atoms with van der Waals surface area (Å²) < 4.78 is 0. The normalized spacial score (nSPS) is 10.8. The fourth-order valence-electron chi connectivity index (χ4n) is 2.59. The van der Waals surface area contributed by atoms with Crippen LogP contribution in [0.3, 0.4) is 0 Å². The summed E-state index contributed by atoms with van der Waals surface area (Å²) in [4.78, 5) is 20.1. The molecule has 2 rings (SSSR count). The molecule has 8 nitrogen and oxygen atoms in total. The predicted molar refractivity (Wildman–Crippen MR) is 126 cm³/mol. The Kier molecular flexibility index (Phi) is 9.25. The molecule has 2 aromatic rings. The minimum Gasteiger partial charge on any atom is -0.369 e. The Morgan fingerprint density at radius 3 is 2.58 bits per heavy atom. The van der Waals surface area contributed by atoms with E-state index in [1.54, 1.807) is 30.5 Å². The number of aromatic nitrogens is 2. The Bertz CT molecular complexity index is 914. The first kappa shape index (κ1) is 24.1. The fourth-order valence-corrected chi connectivity index (χ4v) is 2.59. The van der Waals surface area contributed by atoms with E-state index in [2.05, 4.69) is 58.5 Å². The van der Waals surface area contributed by atoms with Crippen LogP contribution in [0.2, 0.25) is 0 Å². The molecule has 0 radical (unpaired) electrons. The average molecular weight is 424 g/mol. The molecule has 1 heterocycles. The maximum atomic E-state index is 11.2. The number of carbonyl (C=O) groups is 1. The summed E-state index contributed by atoms with van der Waals surface area (Å²) in [5.41, 5.74) is 12.9. The van der Waals surface area contributed by atoms with E-state index >= 15 is 0 Å². The third-order valence-corrected chi connectivity index (χ3v) is 4.57. The molecule has 0 fully saturated rings. The quantitative estimate of drug-likeness (QED) is 0.277. The number of primary amides is 1. The lowest BCUT2D eigenvalue weighted by atomic mass is 10.1. The topological polar surface area (TPSA) is 131 Å². The van der Waals surface area contributed by atoms with Crippen molar-refractivity contribution in [2.24, 2.45) is 11.5 Å². The van der Waals surface area contributed by atoms with E-state index in [4.69, 9.17) is 11.5 Å². The van der Waals surface area contributed by atoms with Gasteiger partial charge in [0.05, 0.1) is 11.8 Å². The molecule has 0 unspecified atom stereocenters. The lowest BCUT2D eigenvalue weighted by Gasteiger charge is -2.23. The summed E-state index contributed by atoms with van der Waals surface area (Å²) in [6.07, 6.45) is 4.40. The van der Waals surface area contributed by atoms with Crippen molar-refractivity contribution < 1.29 is 4.79 Å². The van der Waals surface area contributed by atoms with Gasteiger partial charge in [-0.2, -0.15) is 4.98 Å². The number of anilines is 3. The van der Waals surface area contributed by atoms with Crippen LogP contribution in [0, 0.1) is 11.8 Å². The van der Waals surface area contributed by atoms with E-state index < -0.39 is 5.91 Å². The summed E-state index contributed by atoms with van der Waals surface area (Å²) in [5.74, 6) is 7.06. The van der Waals surface area contributed by atoms with Crippen LogP contribution in [-0.4, -0.2) is 41.0 Å². The van der Waals surface area contributed by atoms with E-state index in [0.717, 1.165) is 43.6 Å². The van der Waals surface area contributed by atoms with Gasteiger partial charge in [0, 0.05) is 36.3 Å². The number of carbonyl (C=O) groups excluding carboxylic acids is 1. The number of nitrogens with one attached hydrogen (secondary N) is 3. The van der Waals surface area contributed by atoms with Gasteiger partial charge < -0.3 is 27.4 Å². The van der Waals surface area contributed by atoms with E-state index in [1.807, 2.05) is 0 Å². The predicted octanol–water partition coefficient (Wildman–Crippen LogP) is 2.60. The van der Waals surface area contributed by atoms with E-state index in [9.17, 15) is 4.79 Å². The van der Waals surface area contributed by atoms with Crippen LogP contribution in [0.5, 0.6) is 0 Å². The highest BCUT2D eigenvalue weighted by Crippen LogP contribution is 2.18. The second-order valence-electron chi connectivity index (χ2n) is 7.87.